The van der Waals surface area contributed by atoms with Crippen molar-refractivity contribution in [3.63, 3.8) is 0 Å². The molecule has 0 heterocycles. The van der Waals surface area contributed by atoms with Gasteiger partial charge in [0.2, 0.25) is 0 Å². The maximum Gasteiger partial charge on any atom is 0.0343 e. The molecule has 0 amide bonds. The Balaban J connectivity index is 2.76. The molecule has 0 bridgehead atoms. The average Bonchev–Trinajstić information content (AvgIpc) is 2.40. The normalized spacial score (nSPS) is 14.7. The van der Waals surface area contributed by atoms with Crippen LogP contribution in [0.15, 0.2) is 30.3 Å². The highest BCUT2D eigenvalue weighted by molar-refractivity contribution is 5.18. The van der Waals surface area contributed by atoms with Crippen LogP contribution in [-0.4, -0.2) is 30.1 Å². The van der Waals surface area contributed by atoms with Crippen LogP contribution in [0, 0.1) is 0 Å². The summed E-state index contributed by atoms with van der Waals surface area (Å²) in [5.74, 6) is 0. The molecule has 0 aliphatic rings. The number of benzene rings is 1. The minimum atomic E-state index is 0.0747. The maximum atomic E-state index is 6.06. The molecule has 2 heteroatoms. The molecule has 0 aromatic heterocycles. The molecule has 1 rings (SSSR count). The van der Waals surface area contributed by atoms with Gasteiger partial charge in [-0.25, -0.2) is 0 Å². The zero-order valence-corrected chi connectivity index (χ0v) is 12.2. The lowest BCUT2D eigenvalue weighted by Gasteiger charge is -2.40. The first-order valence-electron chi connectivity index (χ1n) is 7.15. The van der Waals surface area contributed by atoms with E-state index in [0.29, 0.717) is 6.54 Å². The van der Waals surface area contributed by atoms with Crippen LogP contribution in [-0.2, 0) is 6.42 Å². The molecular weight excluding hydrogens is 220 g/mol. The zero-order chi connectivity index (χ0) is 13.4. The van der Waals surface area contributed by atoms with E-state index in [1.165, 1.54) is 18.4 Å². The molecule has 1 unspecified atom stereocenters. The first-order valence-corrected chi connectivity index (χ1v) is 7.15. The van der Waals surface area contributed by atoms with E-state index in [1.807, 2.05) is 0 Å². The third-order valence-electron chi connectivity index (χ3n) is 3.79. The second-order valence-electron chi connectivity index (χ2n) is 5.30. The van der Waals surface area contributed by atoms with Crippen LogP contribution >= 0.6 is 0 Å². The molecular formula is C16H28N2. The molecule has 102 valence electrons. The van der Waals surface area contributed by atoms with Gasteiger partial charge in [0, 0.05) is 12.1 Å². The van der Waals surface area contributed by atoms with Crippen molar-refractivity contribution >= 4 is 0 Å². The molecule has 1 aromatic carbocycles. The van der Waals surface area contributed by atoms with Gasteiger partial charge in [-0.3, -0.25) is 4.90 Å². The molecule has 1 atom stereocenters. The Labute approximate surface area is 112 Å². The van der Waals surface area contributed by atoms with E-state index in [-0.39, 0.29) is 5.54 Å². The third-order valence-corrected chi connectivity index (χ3v) is 3.79. The summed E-state index contributed by atoms with van der Waals surface area (Å²) in [7, 11) is 0. The predicted molar refractivity (Wildman–Crippen MR) is 79.8 cm³/mol. The van der Waals surface area contributed by atoms with Crippen LogP contribution in [0.4, 0.5) is 0 Å². The van der Waals surface area contributed by atoms with Crippen molar-refractivity contribution in [2.75, 3.05) is 19.6 Å². The smallest absolute Gasteiger partial charge is 0.0343 e. The van der Waals surface area contributed by atoms with Crippen LogP contribution in [0.3, 0.4) is 0 Å². The monoisotopic (exact) mass is 248 g/mol. The number of likely N-dealkylation sites (N-methyl/N-ethyl adjacent to an activating group) is 1. The Bertz CT molecular complexity index is 323. The van der Waals surface area contributed by atoms with Crippen molar-refractivity contribution in [2.24, 2.45) is 5.73 Å². The molecule has 18 heavy (non-hydrogen) atoms. The Morgan fingerprint density at radius 3 is 2.33 bits per heavy atom. The molecule has 0 fully saturated rings. The van der Waals surface area contributed by atoms with Crippen molar-refractivity contribution in [3.05, 3.63) is 35.9 Å². The minimum absolute atomic E-state index is 0.0747. The SMILES string of the molecule is CCCCN(CC)C(C)(CN)Cc1ccccc1. The van der Waals surface area contributed by atoms with E-state index in [4.69, 9.17) is 5.73 Å². The Kier molecular flexibility index (Phi) is 6.37. The van der Waals surface area contributed by atoms with Crippen LogP contribution in [0.1, 0.15) is 39.2 Å². The summed E-state index contributed by atoms with van der Waals surface area (Å²) in [5, 5.41) is 0. The maximum absolute atomic E-state index is 6.06. The van der Waals surface area contributed by atoms with Gasteiger partial charge in [-0.15, -0.1) is 0 Å². The summed E-state index contributed by atoms with van der Waals surface area (Å²) in [6, 6.07) is 10.7. The molecule has 0 spiro atoms. The van der Waals surface area contributed by atoms with Crippen LogP contribution in [0.5, 0.6) is 0 Å². The molecule has 0 saturated carbocycles. The van der Waals surface area contributed by atoms with Gasteiger partial charge < -0.3 is 5.73 Å². The predicted octanol–water partition coefficient (Wildman–Crippen LogP) is 3.07. The molecule has 0 saturated heterocycles. The van der Waals surface area contributed by atoms with Crippen LogP contribution in [0.2, 0.25) is 0 Å². The summed E-state index contributed by atoms with van der Waals surface area (Å²) >= 11 is 0. The summed E-state index contributed by atoms with van der Waals surface area (Å²) in [6.07, 6.45) is 3.52. The van der Waals surface area contributed by atoms with Gasteiger partial charge in [0.15, 0.2) is 0 Å². The summed E-state index contributed by atoms with van der Waals surface area (Å²) in [6.45, 7) is 9.69. The number of rotatable bonds is 8. The zero-order valence-electron chi connectivity index (χ0n) is 12.2. The molecule has 0 aliphatic carbocycles. The average molecular weight is 248 g/mol. The summed E-state index contributed by atoms with van der Waals surface area (Å²) < 4.78 is 0. The molecule has 2 nitrogen and oxygen atoms in total. The molecule has 1 aromatic rings. The molecule has 2 N–H and O–H groups in total. The first-order chi connectivity index (χ1) is 8.66. The number of nitrogens with two attached hydrogens (primary N) is 1. The van der Waals surface area contributed by atoms with Gasteiger partial charge in [-0.05, 0) is 38.4 Å². The van der Waals surface area contributed by atoms with Crippen molar-refractivity contribution in [1.82, 2.24) is 4.90 Å². The fourth-order valence-corrected chi connectivity index (χ4v) is 2.51. The van der Waals surface area contributed by atoms with Crippen molar-refractivity contribution in [2.45, 2.75) is 45.6 Å². The highest BCUT2D eigenvalue weighted by atomic mass is 15.2. The lowest BCUT2D eigenvalue weighted by atomic mass is 9.90. The molecule has 0 radical (unpaired) electrons. The Morgan fingerprint density at radius 2 is 1.83 bits per heavy atom. The van der Waals surface area contributed by atoms with Crippen molar-refractivity contribution < 1.29 is 0 Å². The van der Waals surface area contributed by atoms with Crippen molar-refractivity contribution in [3.8, 4) is 0 Å². The number of hydrogen-bond donors (Lipinski definition) is 1. The standard InChI is InChI=1S/C16H28N2/c1-4-6-12-18(5-2)16(3,14-17)13-15-10-8-7-9-11-15/h7-11H,4-6,12-14,17H2,1-3H3. The van der Waals surface area contributed by atoms with E-state index in [1.54, 1.807) is 0 Å². The molecule has 0 aliphatic heterocycles. The van der Waals surface area contributed by atoms with Gasteiger partial charge in [0.25, 0.3) is 0 Å². The van der Waals surface area contributed by atoms with Gasteiger partial charge in [-0.2, -0.15) is 0 Å². The lowest BCUT2D eigenvalue weighted by molar-refractivity contribution is 0.115. The fraction of sp³-hybridized carbons (Fsp3) is 0.625. The van der Waals surface area contributed by atoms with Gasteiger partial charge >= 0.3 is 0 Å². The topological polar surface area (TPSA) is 29.3 Å². The lowest BCUT2D eigenvalue weighted by Crippen LogP contribution is -2.53. The van der Waals surface area contributed by atoms with E-state index >= 15 is 0 Å². The van der Waals surface area contributed by atoms with Gasteiger partial charge in [0.05, 0.1) is 0 Å². The van der Waals surface area contributed by atoms with E-state index in [9.17, 15) is 0 Å². The minimum Gasteiger partial charge on any atom is -0.329 e. The number of nitrogens with zero attached hydrogens (tertiary/aromatic N) is 1. The highest BCUT2D eigenvalue weighted by Gasteiger charge is 2.29. The second-order valence-corrected chi connectivity index (χ2v) is 5.30. The summed E-state index contributed by atoms with van der Waals surface area (Å²) in [5.41, 5.74) is 7.51. The Hall–Kier alpha value is -0.860. The van der Waals surface area contributed by atoms with E-state index < -0.39 is 0 Å². The number of hydrogen-bond acceptors (Lipinski definition) is 2. The third kappa shape index (κ3) is 4.11. The summed E-state index contributed by atoms with van der Waals surface area (Å²) in [4.78, 5) is 2.53. The fourth-order valence-electron chi connectivity index (χ4n) is 2.51. The first kappa shape index (κ1) is 15.2. The van der Waals surface area contributed by atoms with E-state index in [0.717, 1.165) is 19.5 Å². The van der Waals surface area contributed by atoms with Crippen molar-refractivity contribution in [1.29, 1.82) is 0 Å². The van der Waals surface area contributed by atoms with E-state index in [2.05, 4.69) is 56.0 Å². The Morgan fingerprint density at radius 1 is 1.17 bits per heavy atom. The number of unbranched alkanes of at least 4 members (excludes halogenated alkanes) is 1. The van der Waals surface area contributed by atoms with Crippen LogP contribution in [0.25, 0.3) is 0 Å². The van der Waals surface area contributed by atoms with Crippen LogP contribution < -0.4 is 5.73 Å². The van der Waals surface area contributed by atoms with Gasteiger partial charge in [-0.1, -0.05) is 50.6 Å². The second kappa shape index (κ2) is 7.55. The van der Waals surface area contributed by atoms with Gasteiger partial charge in [0.1, 0.15) is 0 Å². The largest absolute Gasteiger partial charge is 0.329 e. The highest BCUT2D eigenvalue weighted by Crippen LogP contribution is 2.20. The quantitative estimate of drug-likeness (QED) is 0.766.